The smallest absolute Gasteiger partial charge is 0.339 e. The fourth-order valence-corrected chi connectivity index (χ4v) is 1.99. The second-order valence-electron chi connectivity index (χ2n) is 3.25. The van der Waals surface area contributed by atoms with Crippen molar-refractivity contribution < 1.29 is 19.1 Å². The van der Waals surface area contributed by atoms with Crippen LogP contribution < -0.4 is 0 Å². The zero-order valence-corrected chi connectivity index (χ0v) is 13.1. The lowest BCUT2D eigenvalue weighted by atomic mass is 10.1. The molecule has 0 atom stereocenters. The predicted molar refractivity (Wildman–Crippen MR) is 73.8 cm³/mol. The van der Waals surface area contributed by atoms with Gasteiger partial charge in [-0.2, -0.15) is 0 Å². The summed E-state index contributed by atoms with van der Waals surface area (Å²) in [6, 6.07) is 3.07. The lowest BCUT2D eigenvalue weighted by Crippen LogP contribution is -2.14. The van der Waals surface area contributed by atoms with E-state index in [4.69, 9.17) is 9.47 Å². The zero-order valence-electron chi connectivity index (χ0n) is 9.96. The highest BCUT2D eigenvalue weighted by molar-refractivity contribution is 9.13. The van der Waals surface area contributed by atoms with Crippen molar-refractivity contribution in [3.63, 3.8) is 0 Å². The maximum Gasteiger partial charge on any atom is 0.339 e. The van der Waals surface area contributed by atoms with Crippen LogP contribution in [0.2, 0.25) is 0 Å². The van der Waals surface area contributed by atoms with E-state index in [-0.39, 0.29) is 24.3 Å². The number of ether oxygens (including phenoxy) is 2. The van der Waals surface area contributed by atoms with E-state index in [1.165, 1.54) is 12.1 Å². The Morgan fingerprint density at radius 2 is 1.28 bits per heavy atom. The van der Waals surface area contributed by atoms with Crippen LogP contribution in [0.15, 0.2) is 21.1 Å². The summed E-state index contributed by atoms with van der Waals surface area (Å²) < 4.78 is 11.1. The number of esters is 2. The van der Waals surface area contributed by atoms with Crippen molar-refractivity contribution in [3.8, 4) is 0 Å². The van der Waals surface area contributed by atoms with Crippen molar-refractivity contribution in [1.29, 1.82) is 0 Å². The number of hydrogen-bond acceptors (Lipinski definition) is 4. The molecule has 0 spiro atoms. The molecule has 6 heteroatoms. The van der Waals surface area contributed by atoms with Gasteiger partial charge in [0.25, 0.3) is 0 Å². The first-order chi connectivity index (χ1) is 8.51. The van der Waals surface area contributed by atoms with E-state index < -0.39 is 11.9 Å². The molecule has 0 heterocycles. The maximum absolute atomic E-state index is 11.8. The summed E-state index contributed by atoms with van der Waals surface area (Å²) in [4.78, 5) is 23.5. The van der Waals surface area contributed by atoms with Gasteiger partial charge >= 0.3 is 11.9 Å². The fourth-order valence-electron chi connectivity index (χ4n) is 1.30. The molecular formula is C12H12Br2O4. The molecule has 18 heavy (non-hydrogen) atoms. The third-order valence-corrected chi connectivity index (χ3v) is 3.90. The minimum Gasteiger partial charge on any atom is -0.462 e. The number of benzene rings is 1. The Morgan fingerprint density at radius 3 is 1.56 bits per heavy atom. The molecule has 0 aliphatic rings. The van der Waals surface area contributed by atoms with E-state index >= 15 is 0 Å². The Labute approximate surface area is 122 Å². The van der Waals surface area contributed by atoms with Gasteiger partial charge in [-0.3, -0.25) is 0 Å². The Balaban J connectivity index is 3.25. The molecule has 1 aromatic carbocycles. The lowest BCUT2D eigenvalue weighted by molar-refractivity contribution is 0.0478. The second kappa shape index (κ2) is 6.89. The van der Waals surface area contributed by atoms with Gasteiger partial charge in [-0.05, 0) is 57.8 Å². The van der Waals surface area contributed by atoms with E-state index in [0.29, 0.717) is 8.95 Å². The first kappa shape index (κ1) is 15.2. The van der Waals surface area contributed by atoms with Crippen LogP contribution in [-0.2, 0) is 9.47 Å². The molecule has 1 rings (SSSR count). The Morgan fingerprint density at radius 1 is 0.944 bits per heavy atom. The number of halogens is 2. The normalized spacial score (nSPS) is 10.0. The van der Waals surface area contributed by atoms with Crippen molar-refractivity contribution in [1.82, 2.24) is 0 Å². The van der Waals surface area contributed by atoms with E-state index in [1.807, 2.05) is 0 Å². The predicted octanol–water partition coefficient (Wildman–Crippen LogP) is 3.57. The van der Waals surface area contributed by atoms with E-state index in [0.717, 1.165) is 0 Å². The fraction of sp³-hybridized carbons (Fsp3) is 0.333. The molecule has 4 nitrogen and oxygen atoms in total. The third-order valence-electron chi connectivity index (χ3n) is 2.05. The number of hydrogen-bond donors (Lipinski definition) is 0. The highest BCUT2D eigenvalue weighted by Gasteiger charge is 2.21. The van der Waals surface area contributed by atoms with Crippen LogP contribution in [0.5, 0.6) is 0 Å². The highest BCUT2D eigenvalue weighted by Crippen LogP contribution is 2.28. The van der Waals surface area contributed by atoms with Crippen LogP contribution in [0.25, 0.3) is 0 Å². The zero-order chi connectivity index (χ0) is 13.7. The molecule has 0 saturated heterocycles. The molecule has 0 radical (unpaired) electrons. The van der Waals surface area contributed by atoms with Crippen molar-refractivity contribution in [2.75, 3.05) is 13.2 Å². The first-order valence-corrected chi connectivity index (χ1v) is 6.93. The molecular weight excluding hydrogens is 368 g/mol. The average Bonchev–Trinajstić information content (AvgIpc) is 2.32. The van der Waals surface area contributed by atoms with Gasteiger partial charge < -0.3 is 9.47 Å². The summed E-state index contributed by atoms with van der Waals surface area (Å²) in [6.45, 7) is 3.90. The van der Waals surface area contributed by atoms with Crippen LogP contribution in [0, 0.1) is 0 Å². The van der Waals surface area contributed by atoms with Crippen LogP contribution in [0.1, 0.15) is 34.6 Å². The Bertz CT molecular complexity index is 428. The van der Waals surface area contributed by atoms with Crippen molar-refractivity contribution in [3.05, 3.63) is 32.2 Å². The second-order valence-corrected chi connectivity index (χ2v) is 4.96. The molecule has 0 saturated carbocycles. The van der Waals surface area contributed by atoms with Gasteiger partial charge in [-0.1, -0.05) is 0 Å². The lowest BCUT2D eigenvalue weighted by Gasteiger charge is -2.10. The summed E-state index contributed by atoms with van der Waals surface area (Å²) in [5.74, 6) is -1.09. The number of carbonyl (C=O) groups is 2. The monoisotopic (exact) mass is 378 g/mol. The largest absolute Gasteiger partial charge is 0.462 e. The molecule has 0 aliphatic heterocycles. The van der Waals surface area contributed by atoms with Crippen LogP contribution >= 0.6 is 31.9 Å². The summed E-state index contributed by atoms with van der Waals surface area (Å²) >= 11 is 6.56. The molecule has 0 fully saturated rings. The number of carbonyl (C=O) groups excluding carboxylic acids is 2. The quantitative estimate of drug-likeness (QED) is 0.750. The molecule has 0 N–H and O–H groups in total. The first-order valence-electron chi connectivity index (χ1n) is 5.34. The summed E-state index contributed by atoms with van der Waals surface area (Å²) in [5.41, 5.74) is 0.371. The SMILES string of the molecule is CCOC(=O)c1cc(Br)c(Br)cc1C(=O)OCC. The molecule has 1 aromatic rings. The number of rotatable bonds is 4. The maximum atomic E-state index is 11.8. The highest BCUT2D eigenvalue weighted by atomic mass is 79.9. The average molecular weight is 380 g/mol. The van der Waals surface area contributed by atoms with Gasteiger partial charge in [0.05, 0.1) is 24.3 Å². The van der Waals surface area contributed by atoms with Crippen LogP contribution in [0.3, 0.4) is 0 Å². The third kappa shape index (κ3) is 3.55. The van der Waals surface area contributed by atoms with Gasteiger partial charge in [-0.15, -0.1) is 0 Å². The van der Waals surface area contributed by atoms with Gasteiger partial charge in [-0.25, -0.2) is 9.59 Å². The van der Waals surface area contributed by atoms with E-state index in [2.05, 4.69) is 31.9 Å². The van der Waals surface area contributed by atoms with E-state index in [9.17, 15) is 9.59 Å². The summed E-state index contributed by atoms with van der Waals surface area (Å²) in [7, 11) is 0. The van der Waals surface area contributed by atoms with Gasteiger partial charge in [0.2, 0.25) is 0 Å². The topological polar surface area (TPSA) is 52.6 Å². The minimum atomic E-state index is -0.547. The molecule has 0 unspecified atom stereocenters. The van der Waals surface area contributed by atoms with Crippen molar-refractivity contribution in [2.45, 2.75) is 13.8 Å². The molecule has 0 aliphatic carbocycles. The van der Waals surface area contributed by atoms with E-state index in [1.54, 1.807) is 13.8 Å². The molecule has 0 aromatic heterocycles. The summed E-state index contributed by atoms with van der Waals surface area (Å²) in [5, 5.41) is 0. The summed E-state index contributed by atoms with van der Waals surface area (Å²) in [6.07, 6.45) is 0. The Kier molecular flexibility index (Phi) is 5.81. The minimum absolute atomic E-state index is 0.186. The van der Waals surface area contributed by atoms with Crippen LogP contribution in [-0.4, -0.2) is 25.2 Å². The molecule has 98 valence electrons. The molecule has 0 amide bonds. The van der Waals surface area contributed by atoms with Crippen molar-refractivity contribution in [2.24, 2.45) is 0 Å². The standard InChI is InChI=1S/C12H12Br2O4/c1-3-17-11(15)7-5-9(13)10(14)6-8(7)12(16)18-4-2/h5-6H,3-4H2,1-2H3. The van der Waals surface area contributed by atoms with Gasteiger partial charge in [0.1, 0.15) is 0 Å². The van der Waals surface area contributed by atoms with Crippen molar-refractivity contribution >= 4 is 43.8 Å². The van der Waals surface area contributed by atoms with Gasteiger partial charge in [0.15, 0.2) is 0 Å². The van der Waals surface area contributed by atoms with Gasteiger partial charge in [0, 0.05) is 8.95 Å². The Hall–Kier alpha value is -0.880. The molecule has 0 bridgehead atoms. The van der Waals surface area contributed by atoms with Crippen LogP contribution in [0.4, 0.5) is 0 Å².